The first-order chi connectivity index (χ1) is 8.30. The van der Waals surface area contributed by atoms with Gasteiger partial charge in [-0.15, -0.1) is 0 Å². The zero-order valence-corrected chi connectivity index (χ0v) is 11.4. The van der Waals surface area contributed by atoms with Gasteiger partial charge in [0.25, 0.3) is 0 Å². The van der Waals surface area contributed by atoms with Crippen LogP contribution in [-0.2, 0) is 6.18 Å². The molecule has 1 heterocycles. The van der Waals surface area contributed by atoms with Crippen LogP contribution in [0.5, 0.6) is 0 Å². The SMILES string of the molecule is Cc1ccc(-n2ncc(Br)c2C(F)(F)F)cc1Cl. The first-order valence-electron chi connectivity index (χ1n) is 4.88. The van der Waals surface area contributed by atoms with Crippen LogP contribution < -0.4 is 0 Å². The van der Waals surface area contributed by atoms with Crippen LogP contribution >= 0.6 is 27.5 Å². The molecule has 0 saturated heterocycles. The van der Waals surface area contributed by atoms with Crippen LogP contribution in [0.2, 0.25) is 5.02 Å². The van der Waals surface area contributed by atoms with E-state index in [9.17, 15) is 13.2 Å². The summed E-state index contributed by atoms with van der Waals surface area (Å²) in [4.78, 5) is 0. The molecule has 2 nitrogen and oxygen atoms in total. The van der Waals surface area contributed by atoms with Gasteiger partial charge < -0.3 is 0 Å². The lowest BCUT2D eigenvalue weighted by molar-refractivity contribution is -0.143. The lowest BCUT2D eigenvalue weighted by Gasteiger charge is -2.11. The Hall–Kier alpha value is -1.01. The first-order valence-corrected chi connectivity index (χ1v) is 6.05. The van der Waals surface area contributed by atoms with E-state index < -0.39 is 11.9 Å². The molecule has 7 heteroatoms. The number of alkyl halides is 3. The molecule has 0 N–H and O–H groups in total. The molecule has 0 spiro atoms. The third-order valence-electron chi connectivity index (χ3n) is 2.39. The molecule has 0 saturated carbocycles. The van der Waals surface area contributed by atoms with Crippen molar-refractivity contribution in [3.05, 3.63) is 45.1 Å². The molecule has 0 aliphatic carbocycles. The van der Waals surface area contributed by atoms with E-state index in [2.05, 4.69) is 21.0 Å². The zero-order chi connectivity index (χ0) is 13.5. The quantitative estimate of drug-likeness (QED) is 0.741. The monoisotopic (exact) mass is 338 g/mol. The summed E-state index contributed by atoms with van der Waals surface area (Å²) in [5, 5.41) is 4.11. The molecule has 0 amide bonds. The highest BCUT2D eigenvalue weighted by Gasteiger charge is 2.38. The van der Waals surface area contributed by atoms with Crippen LogP contribution in [-0.4, -0.2) is 9.78 Å². The third-order valence-corrected chi connectivity index (χ3v) is 3.38. The molecule has 0 unspecified atom stereocenters. The summed E-state index contributed by atoms with van der Waals surface area (Å²) < 4.78 is 39.4. The van der Waals surface area contributed by atoms with E-state index >= 15 is 0 Å². The van der Waals surface area contributed by atoms with Crippen molar-refractivity contribution in [2.24, 2.45) is 0 Å². The van der Waals surface area contributed by atoms with Gasteiger partial charge in [-0.2, -0.15) is 18.3 Å². The van der Waals surface area contributed by atoms with Gasteiger partial charge in [0.05, 0.1) is 16.4 Å². The fourth-order valence-corrected chi connectivity index (χ4v) is 2.15. The van der Waals surface area contributed by atoms with Gasteiger partial charge in [0.15, 0.2) is 5.69 Å². The fourth-order valence-electron chi connectivity index (χ4n) is 1.49. The third kappa shape index (κ3) is 2.40. The number of nitrogens with zero attached hydrogens (tertiary/aromatic N) is 2. The molecular weight excluding hydrogens is 332 g/mol. The molecule has 0 bridgehead atoms. The minimum Gasteiger partial charge on any atom is -0.227 e. The number of benzene rings is 1. The van der Waals surface area contributed by atoms with E-state index in [0.29, 0.717) is 5.02 Å². The van der Waals surface area contributed by atoms with Crippen LogP contribution in [0.3, 0.4) is 0 Å². The number of rotatable bonds is 1. The van der Waals surface area contributed by atoms with Gasteiger partial charge in [0.2, 0.25) is 0 Å². The number of aromatic nitrogens is 2. The van der Waals surface area contributed by atoms with E-state index in [1.165, 1.54) is 12.1 Å². The molecule has 0 aliphatic rings. The largest absolute Gasteiger partial charge is 0.434 e. The zero-order valence-electron chi connectivity index (χ0n) is 9.09. The van der Waals surface area contributed by atoms with Crippen LogP contribution in [0, 0.1) is 6.92 Å². The highest BCUT2D eigenvalue weighted by molar-refractivity contribution is 9.10. The maximum absolute atomic E-state index is 12.9. The second-order valence-electron chi connectivity index (χ2n) is 3.68. The van der Waals surface area contributed by atoms with E-state index in [-0.39, 0.29) is 10.2 Å². The van der Waals surface area contributed by atoms with Gasteiger partial charge >= 0.3 is 6.18 Å². The summed E-state index contributed by atoms with van der Waals surface area (Å²) in [7, 11) is 0. The highest BCUT2D eigenvalue weighted by Crippen LogP contribution is 2.36. The Balaban J connectivity index is 2.61. The van der Waals surface area contributed by atoms with Crippen LogP contribution in [0.25, 0.3) is 5.69 Å². The molecule has 1 aromatic carbocycles. The average molecular weight is 340 g/mol. The number of hydrogen-bond acceptors (Lipinski definition) is 1. The Morgan fingerprint density at radius 2 is 2.00 bits per heavy atom. The van der Waals surface area contributed by atoms with E-state index in [0.717, 1.165) is 16.4 Å². The summed E-state index contributed by atoms with van der Waals surface area (Å²) in [6.45, 7) is 1.77. The standard InChI is InChI=1S/C11H7BrClF3N2/c1-6-2-3-7(4-9(6)13)18-10(11(14,15)16)8(12)5-17-18/h2-5H,1H3. The minimum atomic E-state index is -4.49. The predicted molar refractivity (Wildman–Crippen MR) is 66.0 cm³/mol. The maximum atomic E-state index is 12.9. The van der Waals surface area contributed by atoms with Crippen LogP contribution in [0.15, 0.2) is 28.9 Å². The molecule has 0 atom stereocenters. The first kappa shape index (κ1) is 13.4. The molecule has 0 aliphatic heterocycles. The molecule has 0 radical (unpaired) electrons. The maximum Gasteiger partial charge on any atom is 0.434 e. The van der Waals surface area contributed by atoms with Crippen molar-refractivity contribution in [1.82, 2.24) is 9.78 Å². The summed E-state index contributed by atoms with van der Waals surface area (Å²) in [5.74, 6) is 0. The molecular formula is C11H7BrClF3N2. The second-order valence-corrected chi connectivity index (χ2v) is 4.95. The van der Waals surface area contributed by atoms with Crippen molar-refractivity contribution >= 4 is 27.5 Å². The molecule has 96 valence electrons. The summed E-state index contributed by atoms with van der Waals surface area (Å²) >= 11 is 8.75. The van der Waals surface area contributed by atoms with Crippen molar-refractivity contribution in [3.8, 4) is 5.69 Å². The number of aryl methyl sites for hydroxylation is 1. The second kappa shape index (κ2) is 4.59. The van der Waals surface area contributed by atoms with Gasteiger partial charge in [-0.1, -0.05) is 17.7 Å². The molecule has 0 fully saturated rings. The van der Waals surface area contributed by atoms with Crippen molar-refractivity contribution in [3.63, 3.8) is 0 Å². The van der Waals surface area contributed by atoms with Crippen LogP contribution in [0.4, 0.5) is 13.2 Å². The number of halogens is 5. The Morgan fingerprint density at radius 1 is 1.33 bits per heavy atom. The number of hydrogen-bond donors (Lipinski definition) is 0. The summed E-state index contributed by atoms with van der Waals surface area (Å²) in [6, 6.07) is 4.63. The summed E-state index contributed by atoms with van der Waals surface area (Å²) in [6.07, 6.45) is -3.39. The topological polar surface area (TPSA) is 17.8 Å². The lowest BCUT2D eigenvalue weighted by atomic mass is 10.2. The predicted octanol–water partition coefficient (Wildman–Crippen LogP) is 4.62. The molecule has 1 aromatic heterocycles. The van der Waals surface area contributed by atoms with Gasteiger partial charge in [-0.05, 0) is 40.5 Å². The lowest BCUT2D eigenvalue weighted by Crippen LogP contribution is -2.14. The smallest absolute Gasteiger partial charge is 0.227 e. The molecule has 2 rings (SSSR count). The average Bonchev–Trinajstić information content (AvgIpc) is 2.64. The highest BCUT2D eigenvalue weighted by atomic mass is 79.9. The Bertz CT molecular complexity index is 592. The Kier molecular flexibility index (Phi) is 3.42. The van der Waals surface area contributed by atoms with Crippen molar-refractivity contribution in [2.45, 2.75) is 13.1 Å². The molecule has 18 heavy (non-hydrogen) atoms. The van der Waals surface area contributed by atoms with Crippen molar-refractivity contribution < 1.29 is 13.2 Å². The Labute approximate surface area is 114 Å². The van der Waals surface area contributed by atoms with Gasteiger partial charge in [-0.25, -0.2) is 4.68 Å². The molecule has 2 aromatic rings. The van der Waals surface area contributed by atoms with E-state index in [4.69, 9.17) is 11.6 Å². The van der Waals surface area contributed by atoms with Crippen molar-refractivity contribution in [1.29, 1.82) is 0 Å². The van der Waals surface area contributed by atoms with Crippen molar-refractivity contribution in [2.75, 3.05) is 0 Å². The van der Waals surface area contributed by atoms with Gasteiger partial charge in [-0.3, -0.25) is 0 Å². The van der Waals surface area contributed by atoms with Gasteiger partial charge in [0, 0.05) is 5.02 Å². The van der Waals surface area contributed by atoms with Gasteiger partial charge in [0.1, 0.15) is 0 Å². The van der Waals surface area contributed by atoms with Crippen LogP contribution in [0.1, 0.15) is 11.3 Å². The minimum absolute atomic E-state index is 0.105. The van der Waals surface area contributed by atoms with E-state index in [1.54, 1.807) is 13.0 Å². The fraction of sp³-hybridized carbons (Fsp3) is 0.182. The normalized spacial score (nSPS) is 11.9. The summed E-state index contributed by atoms with van der Waals surface area (Å²) in [5.41, 5.74) is 0.200. The van der Waals surface area contributed by atoms with E-state index in [1.807, 2.05) is 0 Å². The Morgan fingerprint density at radius 3 is 2.56 bits per heavy atom.